The molecule has 0 saturated carbocycles. The lowest BCUT2D eigenvalue weighted by Crippen LogP contribution is -2.38. The number of benzene rings is 1. The molecule has 2 aliphatic heterocycles. The summed E-state index contributed by atoms with van der Waals surface area (Å²) in [5, 5.41) is 14.2. The molecule has 1 aromatic carbocycles. The zero-order valence-corrected chi connectivity index (χ0v) is 17.5. The van der Waals surface area contributed by atoms with Gasteiger partial charge in [0.15, 0.2) is 0 Å². The fourth-order valence-corrected chi connectivity index (χ4v) is 4.13. The van der Waals surface area contributed by atoms with Crippen LogP contribution in [0.15, 0.2) is 36.5 Å². The third-order valence-corrected chi connectivity index (χ3v) is 5.75. The number of hydrogen-bond acceptors (Lipinski definition) is 7. The molecule has 9 nitrogen and oxygen atoms in total. The van der Waals surface area contributed by atoms with Crippen molar-refractivity contribution in [1.82, 2.24) is 10.3 Å². The van der Waals surface area contributed by atoms with Gasteiger partial charge in [-0.25, -0.2) is 4.98 Å². The first-order valence-corrected chi connectivity index (χ1v) is 10.7. The lowest BCUT2D eigenvalue weighted by atomic mass is 10.1. The highest BCUT2D eigenvalue weighted by molar-refractivity contribution is 6.00. The molecule has 31 heavy (non-hydrogen) atoms. The van der Waals surface area contributed by atoms with Gasteiger partial charge in [-0.3, -0.25) is 14.9 Å². The highest BCUT2D eigenvalue weighted by Gasteiger charge is 2.23. The summed E-state index contributed by atoms with van der Waals surface area (Å²) in [4.78, 5) is 32.8. The normalized spacial score (nSPS) is 16.8. The van der Waals surface area contributed by atoms with Crippen LogP contribution in [-0.4, -0.2) is 55.2 Å². The zero-order chi connectivity index (χ0) is 21.6. The van der Waals surface area contributed by atoms with Crippen molar-refractivity contribution in [3.05, 3.63) is 57.8 Å². The van der Waals surface area contributed by atoms with E-state index >= 15 is 0 Å². The first-order valence-electron chi connectivity index (χ1n) is 10.7. The molecule has 4 rings (SSSR count). The van der Waals surface area contributed by atoms with Gasteiger partial charge in [-0.2, -0.15) is 0 Å². The van der Waals surface area contributed by atoms with Crippen molar-refractivity contribution in [3.8, 4) is 0 Å². The van der Waals surface area contributed by atoms with Crippen LogP contribution in [-0.2, 0) is 11.3 Å². The summed E-state index contributed by atoms with van der Waals surface area (Å²) in [6.07, 6.45) is 5.27. The second kappa shape index (κ2) is 9.74. The van der Waals surface area contributed by atoms with Crippen LogP contribution in [0, 0.1) is 10.1 Å². The van der Waals surface area contributed by atoms with Crippen molar-refractivity contribution in [2.24, 2.45) is 0 Å². The van der Waals surface area contributed by atoms with Crippen LogP contribution in [0.5, 0.6) is 0 Å². The molecule has 1 aromatic heterocycles. The average molecular weight is 425 g/mol. The van der Waals surface area contributed by atoms with E-state index in [2.05, 4.69) is 15.2 Å². The number of pyridine rings is 1. The maximum absolute atomic E-state index is 13.1. The Balaban J connectivity index is 1.54. The van der Waals surface area contributed by atoms with Gasteiger partial charge in [0.2, 0.25) is 0 Å². The quantitative estimate of drug-likeness (QED) is 0.561. The van der Waals surface area contributed by atoms with Crippen molar-refractivity contribution in [1.29, 1.82) is 0 Å². The Kier molecular flexibility index (Phi) is 6.61. The van der Waals surface area contributed by atoms with Crippen molar-refractivity contribution >= 4 is 23.1 Å². The van der Waals surface area contributed by atoms with E-state index in [1.165, 1.54) is 18.6 Å². The molecule has 164 valence electrons. The Bertz CT molecular complexity index is 939. The molecule has 0 aliphatic carbocycles. The van der Waals surface area contributed by atoms with Gasteiger partial charge >= 0.3 is 0 Å². The fraction of sp³-hybridized carbons (Fsp3) is 0.455. The minimum atomic E-state index is -0.477. The van der Waals surface area contributed by atoms with Crippen molar-refractivity contribution in [2.75, 3.05) is 49.2 Å². The van der Waals surface area contributed by atoms with Crippen LogP contribution in [0.2, 0.25) is 0 Å². The molecule has 0 unspecified atom stereocenters. The number of nitro benzene ring substituents is 1. The number of nitro groups is 1. The summed E-state index contributed by atoms with van der Waals surface area (Å²) in [5.74, 6) is 0.564. The van der Waals surface area contributed by atoms with E-state index in [1.807, 2.05) is 17.0 Å². The smallest absolute Gasteiger partial charge is 0.270 e. The number of amides is 1. The van der Waals surface area contributed by atoms with E-state index in [0.717, 1.165) is 37.3 Å². The van der Waals surface area contributed by atoms with Gasteiger partial charge in [0.1, 0.15) is 5.82 Å². The predicted octanol–water partition coefficient (Wildman–Crippen LogP) is 2.75. The van der Waals surface area contributed by atoms with Gasteiger partial charge in [0, 0.05) is 56.6 Å². The Morgan fingerprint density at radius 1 is 1.10 bits per heavy atom. The van der Waals surface area contributed by atoms with E-state index in [4.69, 9.17) is 4.74 Å². The molecule has 0 bridgehead atoms. The molecule has 0 atom stereocenters. The van der Waals surface area contributed by atoms with Crippen LogP contribution < -0.4 is 15.1 Å². The number of anilines is 2. The summed E-state index contributed by atoms with van der Waals surface area (Å²) in [5.41, 5.74) is 1.84. The summed E-state index contributed by atoms with van der Waals surface area (Å²) in [6.45, 7) is 4.64. The predicted molar refractivity (Wildman–Crippen MR) is 118 cm³/mol. The second-order valence-electron chi connectivity index (χ2n) is 7.77. The molecule has 0 spiro atoms. The average Bonchev–Trinajstić information content (AvgIpc) is 2.83. The summed E-state index contributed by atoms with van der Waals surface area (Å²) in [7, 11) is 0. The van der Waals surface area contributed by atoms with Gasteiger partial charge in [-0.05, 0) is 31.4 Å². The van der Waals surface area contributed by atoms with Crippen LogP contribution in [0.1, 0.15) is 35.2 Å². The first kappa shape index (κ1) is 21.0. The standard InChI is InChI=1S/C22H27N5O4/c28-22(24-16-17-5-4-8-23-21(17)26-9-2-1-3-10-26)19-15-18(27(29)30)6-7-20(19)25-11-13-31-14-12-25/h4-8,15H,1-3,9-14,16H2,(H,24,28). The Morgan fingerprint density at radius 2 is 1.87 bits per heavy atom. The number of nitrogens with one attached hydrogen (secondary N) is 1. The largest absolute Gasteiger partial charge is 0.378 e. The maximum Gasteiger partial charge on any atom is 0.270 e. The van der Waals surface area contributed by atoms with Crippen LogP contribution in [0.25, 0.3) is 0 Å². The highest BCUT2D eigenvalue weighted by atomic mass is 16.6. The van der Waals surface area contributed by atoms with Gasteiger partial charge in [-0.15, -0.1) is 0 Å². The topological polar surface area (TPSA) is 101 Å². The molecule has 2 aliphatic rings. The third kappa shape index (κ3) is 4.93. The molecule has 2 aromatic rings. The SMILES string of the molecule is O=C(NCc1cccnc1N1CCCCC1)c1cc([N+](=O)[O-])ccc1N1CCOCC1. The highest BCUT2D eigenvalue weighted by Crippen LogP contribution is 2.27. The number of ether oxygens (including phenoxy) is 1. The summed E-state index contributed by atoms with van der Waals surface area (Å²) >= 11 is 0. The number of carbonyl (C=O) groups is 1. The lowest BCUT2D eigenvalue weighted by Gasteiger charge is -2.30. The molecule has 0 radical (unpaired) electrons. The number of non-ortho nitro benzene ring substituents is 1. The van der Waals surface area contributed by atoms with Crippen molar-refractivity contribution in [3.63, 3.8) is 0 Å². The van der Waals surface area contributed by atoms with Crippen molar-refractivity contribution in [2.45, 2.75) is 25.8 Å². The monoisotopic (exact) mass is 425 g/mol. The van der Waals surface area contributed by atoms with E-state index < -0.39 is 4.92 Å². The lowest BCUT2D eigenvalue weighted by molar-refractivity contribution is -0.384. The van der Waals surface area contributed by atoms with Crippen molar-refractivity contribution < 1.29 is 14.5 Å². The Labute approximate surface area is 181 Å². The number of aromatic nitrogens is 1. The molecule has 1 N–H and O–H groups in total. The van der Waals surface area contributed by atoms with Gasteiger partial charge in [0.25, 0.3) is 11.6 Å². The third-order valence-electron chi connectivity index (χ3n) is 5.75. The summed E-state index contributed by atoms with van der Waals surface area (Å²) in [6, 6.07) is 8.28. The molecule has 2 fully saturated rings. The number of carbonyl (C=O) groups excluding carboxylic acids is 1. The van der Waals surface area contributed by atoms with Gasteiger partial charge in [0.05, 0.1) is 29.4 Å². The first-order chi connectivity index (χ1) is 15.1. The van der Waals surface area contributed by atoms with E-state index in [0.29, 0.717) is 44.1 Å². The Morgan fingerprint density at radius 3 is 2.61 bits per heavy atom. The number of nitrogens with zero attached hydrogens (tertiary/aromatic N) is 4. The maximum atomic E-state index is 13.1. The van der Waals surface area contributed by atoms with Crippen LogP contribution >= 0.6 is 0 Å². The van der Waals surface area contributed by atoms with E-state index in [-0.39, 0.29) is 11.6 Å². The number of piperidine rings is 1. The fourth-order valence-electron chi connectivity index (χ4n) is 4.13. The minimum absolute atomic E-state index is 0.0995. The number of hydrogen-bond donors (Lipinski definition) is 1. The van der Waals surface area contributed by atoms with Gasteiger partial charge < -0.3 is 19.9 Å². The van der Waals surface area contributed by atoms with Crippen LogP contribution in [0.4, 0.5) is 17.2 Å². The minimum Gasteiger partial charge on any atom is -0.378 e. The van der Waals surface area contributed by atoms with Gasteiger partial charge in [-0.1, -0.05) is 6.07 Å². The van der Waals surface area contributed by atoms with E-state index in [1.54, 1.807) is 12.3 Å². The Hall–Kier alpha value is -3.20. The second-order valence-corrected chi connectivity index (χ2v) is 7.77. The number of morpholine rings is 1. The zero-order valence-electron chi connectivity index (χ0n) is 17.5. The number of rotatable bonds is 6. The molecular weight excluding hydrogens is 398 g/mol. The molecular formula is C22H27N5O4. The molecule has 3 heterocycles. The van der Waals surface area contributed by atoms with E-state index in [9.17, 15) is 14.9 Å². The molecule has 9 heteroatoms. The molecule has 1 amide bonds. The van der Waals surface area contributed by atoms with Crippen LogP contribution in [0.3, 0.4) is 0 Å². The molecule has 2 saturated heterocycles. The summed E-state index contributed by atoms with van der Waals surface area (Å²) < 4.78 is 5.40.